The molecule has 2 aromatic rings. The van der Waals surface area contributed by atoms with Crippen molar-refractivity contribution in [3.8, 4) is 0 Å². The van der Waals surface area contributed by atoms with Crippen LogP contribution in [0.25, 0.3) is 10.9 Å². The van der Waals surface area contributed by atoms with Gasteiger partial charge in [-0.3, -0.25) is 14.4 Å². The van der Waals surface area contributed by atoms with Crippen LogP contribution in [0.1, 0.15) is 50.5 Å². The number of aromatic nitrogens is 1. The molecule has 3 heterocycles. The molecule has 2 saturated heterocycles. The molecule has 3 amide bonds. The molecule has 206 valence electrons. The zero-order valence-corrected chi connectivity index (χ0v) is 21.6. The van der Waals surface area contributed by atoms with Gasteiger partial charge < -0.3 is 36.7 Å². The maximum Gasteiger partial charge on any atom is 0.326 e. The summed E-state index contributed by atoms with van der Waals surface area (Å²) < 4.78 is 0. The number of benzene rings is 1. The highest BCUT2D eigenvalue weighted by Gasteiger charge is 2.39. The van der Waals surface area contributed by atoms with Gasteiger partial charge in [0.2, 0.25) is 17.7 Å². The standard InChI is InChI=1S/C27H38N6O5/c28-12-4-3-9-20(31-25(35)23-11-6-14-33(23)26(36)21-10-5-13-29-21)24(34)32-22(27(37)38)15-17-16-30-19-8-2-1-7-18(17)19/h1-2,7-8,16,20-23,29-30H,3-6,9-15,28H2,(H,31,35)(H,32,34)(H,37,38). The first-order valence-electron chi connectivity index (χ1n) is 13.5. The fourth-order valence-corrected chi connectivity index (χ4v) is 5.42. The first-order valence-corrected chi connectivity index (χ1v) is 13.5. The normalized spacial score (nSPS) is 20.8. The van der Waals surface area contributed by atoms with E-state index in [0.717, 1.165) is 35.9 Å². The number of nitrogens with one attached hydrogen (secondary N) is 4. The van der Waals surface area contributed by atoms with Crippen molar-refractivity contribution in [1.82, 2.24) is 25.8 Å². The number of hydrogen-bond acceptors (Lipinski definition) is 6. The van der Waals surface area contributed by atoms with Gasteiger partial charge in [0, 0.05) is 30.1 Å². The number of carboxylic acid groups (broad SMARTS) is 1. The average molecular weight is 527 g/mol. The number of carboxylic acids is 1. The van der Waals surface area contributed by atoms with Crippen LogP contribution in [0.4, 0.5) is 0 Å². The fourth-order valence-electron chi connectivity index (χ4n) is 5.42. The second-order valence-corrected chi connectivity index (χ2v) is 10.1. The van der Waals surface area contributed by atoms with Crippen LogP contribution in [-0.2, 0) is 25.6 Å². The van der Waals surface area contributed by atoms with E-state index in [9.17, 15) is 24.3 Å². The molecule has 4 rings (SSSR count). The third kappa shape index (κ3) is 6.51. The molecule has 38 heavy (non-hydrogen) atoms. The quantitative estimate of drug-likeness (QED) is 0.220. The van der Waals surface area contributed by atoms with Gasteiger partial charge in [0.15, 0.2) is 0 Å². The third-order valence-corrected chi connectivity index (χ3v) is 7.49. The lowest BCUT2D eigenvalue weighted by molar-refractivity contribution is -0.143. The van der Waals surface area contributed by atoms with Gasteiger partial charge in [-0.1, -0.05) is 18.2 Å². The number of nitrogens with two attached hydrogens (primary N) is 1. The maximum absolute atomic E-state index is 13.3. The molecule has 0 bridgehead atoms. The Morgan fingerprint density at radius 2 is 1.89 bits per heavy atom. The number of aliphatic carboxylic acids is 1. The minimum Gasteiger partial charge on any atom is -0.480 e. The number of unbranched alkanes of at least 4 members (excludes halogenated alkanes) is 1. The maximum atomic E-state index is 13.3. The van der Waals surface area contributed by atoms with Gasteiger partial charge in [-0.15, -0.1) is 0 Å². The number of rotatable bonds is 12. The van der Waals surface area contributed by atoms with E-state index in [-0.39, 0.29) is 24.3 Å². The molecule has 11 nitrogen and oxygen atoms in total. The highest BCUT2D eigenvalue weighted by atomic mass is 16.4. The Kier molecular flexibility index (Phi) is 9.35. The van der Waals surface area contributed by atoms with Crippen LogP contribution in [0, 0.1) is 0 Å². The molecule has 1 aromatic heterocycles. The Bertz CT molecular complexity index is 1140. The van der Waals surface area contributed by atoms with E-state index in [1.165, 1.54) is 0 Å². The van der Waals surface area contributed by atoms with Crippen molar-refractivity contribution in [2.24, 2.45) is 5.73 Å². The predicted molar refractivity (Wildman–Crippen MR) is 142 cm³/mol. The Morgan fingerprint density at radius 1 is 1.08 bits per heavy atom. The monoisotopic (exact) mass is 526 g/mol. The van der Waals surface area contributed by atoms with E-state index in [1.807, 2.05) is 24.3 Å². The largest absolute Gasteiger partial charge is 0.480 e. The van der Waals surface area contributed by atoms with E-state index in [2.05, 4.69) is 20.9 Å². The second-order valence-electron chi connectivity index (χ2n) is 10.1. The predicted octanol–water partition coefficient (Wildman–Crippen LogP) is 0.637. The summed E-state index contributed by atoms with van der Waals surface area (Å²) in [5.74, 6) is -2.18. The van der Waals surface area contributed by atoms with Crippen LogP contribution in [0.15, 0.2) is 30.5 Å². The van der Waals surface area contributed by atoms with E-state index < -0.39 is 30.0 Å². The number of aromatic amines is 1. The van der Waals surface area contributed by atoms with Crippen LogP contribution in [-0.4, -0.2) is 82.5 Å². The SMILES string of the molecule is NCCCCC(NC(=O)C1CCCN1C(=O)C1CCCN1)C(=O)NC(Cc1c[nH]c2ccccc12)C(=O)O. The molecule has 2 fully saturated rings. The van der Waals surface area contributed by atoms with Gasteiger partial charge in [0.1, 0.15) is 18.1 Å². The summed E-state index contributed by atoms with van der Waals surface area (Å²) in [6.07, 6.45) is 6.33. The first kappa shape index (κ1) is 27.6. The van der Waals surface area contributed by atoms with Crippen molar-refractivity contribution >= 4 is 34.6 Å². The smallest absolute Gasteiger partial charge is 0.326 e. The zero-order chi connectivity index (χ0) is 27.1. The van der Waals surface area contributed by atoms with Gasteiger partial charge in [-0.25, -0.2) is 4.79 Å². The van der Waals surface area contributed by atoms with Crippen LogP contribution in [0.5, 0.6) is 0 Å². The van der Waals surface area contributed by atoms with Crippen molar-refractivity contribution in [3.05, 3.63) is 36.0 Å². The summed E-state index contributed by atoms with van der Waals surface area (Å²) in [6.45, 7) is 1.73. The Balaban J connectivity index is 1.43. The van der Waals surface area contributed by atoms with E-state index in [0.29, 0.717) is 45.2 Å². The van der Waals surface area contributed by atoms with Crippen LogP contribution in [0.2, 0.25) is 0 Å². The topological polar surface area (TPSA) is 170 Å². The van der Waals surface area contributed by atoms with Crippen molar-refractivity contribution in [2.75, 3.05) is 19.6 Å². The van der Waals surface area contributed by atoms with E-state index in [1.54, 1.807) is 11.1 Å². The minimum absolute atomic E-state index is 0.0750. The average Bonchev–Trinajstić information content (AvgIpc) is 3.69. The molecule has 0 aliphatic carbocycles. The molecule has 4 atom stereocenters. The number of nitrogens with zero attached hydrogens (tertiary/aromatic N) is 1. The second kappa shape index (κ2) is 12.9. The summed E-state index contributed by atoms with van der Waals surface area (Å²) in [7, 11) is 0. The Morgan fingerprint density at radius 3 is 2.63 bits per heavy atom. The van der Waals surface area contributed by atoms with E-state index in [4.69, 9.17) is 5.73 Å². The zero-order valence-electron chi connectivity index (χ0n) is 21.6. The summed E-state index contributed by atoms with van der Waals surface area (Å²) in [5, 5.41) is 19.4. The Hall–Kier alpha value is -3.44. The molecular formula is C27H38N6O5. The van der Waals surface area contributed by atoms with Crippen molar-refractivity contribution in [1.29, 1.82) is 0 Å². The lowest BCUT2D eigenvalue weighted by atomic mass is 10.0. The van der Waals surface area contributed by atoms with Crippen molar-refractivity contribution in [2.45, 2.75) is 75.5 Å². The summed E-state index contributed by atoms with van der Waals surface area (Å²) >= 11 is 0. The van der Waals surface area contributed by atoms with Gasteiger partial charge in [0.25, 0.3) is 0 Å². The molecule has 1 aromatic carbocycles. The van der Waals surface area contributed by atoms with Crippen LogP contribution in [0.3, 0.4) is 0 Å². The van der Waals surface area contributed by atoms with Crippen LogP contribution < -0.4 is 21.7 Å². The first-order chi connectivity index (χ1) is 18.4. The van der Waals surface area contributed by atoms with Gasteiger partial charge in [0.05, 0.1) is 6.04 Å². The molecule has 2 aliphatic heterocycles. The molecule has 7 N–H and O–H groups in total. The number of likely N-dealkylation sites (tertiary alicyclic amines) is 1. The van der Waals surface area contributed by atoms with Gasteiger partial charge in [-0.05, 0) is 69.7 Å². The number of carbonyl (C=O) groups is 4. The number of H-pyrrole nitrogens is 1. The number of para-hydroxylation sites is 1. The lowest BCUT2D eigenvalue weighted by Gasteiger charge is -2.28. The van der Waals surface area contributed by atoms with E-state index >= 15 is 0 Å². The number of hydrogen-bond donors (Lipinski definition) is 6. The highest BCUT2D eigenvalue weighted by Crippen LogP contribution is 2.22. The number of fused-ring (bicyclic) bond motifs is 1. The molecular weight excluding hydrogens is 488 g/mol. The lowest BCUT2D eigenvalue weighted by Crippen LogP contribution is -2.56. The van der Waals surface area contributed by atoms with Crippen molar-refractivity contribution < 1.29 is 24.3 Å². The fraction of sp³-hybridized carbons (Fsp3) is 0.556. The summed E-state index contributed by atoms with van der Waals surface area (Å²) in [4.78, 5) is 56.4. The van der Waals surface area contributed by atoms with Gasteiger partial charge in [-0.2, -0.15) is 0 Å². The number of carbonyl (C=O) groups excluding carboxylic acids is 3. The summed E-state index contributed by atoms with van der Waals surface area (Å²) in [5.41, 5.74) is 7.28. The van der Waals surface area contributed by atoms with Crippen molar-refractivity contribution in [3.63, 3.8) is 0 Å². The molecule has 0 radical (unpaired) electrons. The summed E-state index contributed by atoms with van der Waals surface area (Å²) in [6, 6.07) is 4.54. The molecule has 4 unspecified atom stereocenters. The molecule has 11 heteroatoms. The minimum atomic E-state index is -1.17. The van der Waals surface area contributed by atoms with Gasteiger partial charge >= 0.3 is 5.97 Å². The molecule has 0 saturated carbocycles. The van der Waals surface area contributed by atoms with Crippen LogP contribution >= 0.6 is 0 Å². The Labute approximate surface area is 221 Å². The number of amides is 3. The molecule has 0 spiro atoms. The third-order valence-electron chi connectivity index (χ3n) is 7.49. The molecule has 2 aliphatic rings. The highest BCUT2D eigenvalue weighted by molar-refractivity contribution is 5.94.